The van der Waals surface area contributed by atoms with Gasteiger partial charge in [0.1, 0.15) is 11.6 Å². The van der Waals surface area contributed by atoms with Crippen LogP contribution in [0.15, 0.2) is 16.9 Å². The van der Waals surface area contributed by atoms with Crippen LogP contribution in [-0.4, -0.2) is 22.1 Å². The topological polar surface area (TPSA) is 92.3 Å². The van der Waals surface area contributed by atoms with Gasteiger partial charge in [-0.25, -0.2) is 0 Å². The molecule has 30 heavy (non-hydrogen) atoms. The van der Waals surface area contributed by atoms with Gasteiger partial charge < -0.3 is 9.84 Å². The van der Waals surface area contributed by atoms with Crippen molar-refractivity contribution in [2.75, 3.05) is 6.61 Å². The summed E-state index contributed by atoms with van der Waals surface area (Å²) in [5, 5.41) is 20.2. The van der Waals surface area contributed by atoms with E-state index in [1.54, 1.807) is 6.92 Å². The second-order valence-electron chi connectivity index (χ2n) is 6.87. The summed E-state index contributed by atoms with van der Waals surface area (Å²) in [5.41, 5.74) is -0.741. The normalized spacial score (nSPS) is 10.7. The van der Waals surface area contributed by atoms with E-state index in [2.05, 4.69) is 6.92 Å². The first-order chi connectivity index (χ1) is 14.3. The number of unbranched alkanes of at least 4 members (excludes halogenated alkanes) is 3. The molecule has 0 saturated heterocycles. The van der Waals surface area contributed by atoms with Crippen LogP contribution in [0.2, 0.25) is 10.0 Å². The van der Waals surface area contributed by atoms with E-state index in [0.29, 0.717) is 12.4 Å². The summed E-state index contributed by atoms with van der Waals surface area (Å²) in [6.45, 7) is 5.76. The summed E-state index contributed by atoms with van der Waals surface area (Å²) in [7, 11) is 0. The molecule has 1 N–H and O–H groups in total. The fraction of sp³-hybridized carbons (Fsp3) is 0.409. The molecule has 0 spiro atoms. The summed E-state index contributed by atoms with van der Waals surface area (Å²) in [6, 6.07) is 4.63. The summed E-state index contributed by atoms with van der Waals surface area (Å²) >= 11 is 12.6. The van der Waals surface area contributed by atoms with E-state index in [1.807, 2.05) is 6.07 Å². The first-order valence-electron chi connectivity index (χ1n) is 9.81. The van der Waals surface area contributed by atoms with Crippen LogP contribution in [0.25, 0.3) is 0 Å². The minimum Gasteiger partial charge on any atom is -0.494 e. The summed E-state index contributed by atoms with van der Waals surface area (Å²) < 4.78 is 6.66. The minimum absolute atomic E-state index is 0.103. The smallest absolute Gasteiger partial charge is 0.271 e. The van der Waals surface area contributed by atoms with E-state index in [-0.39, 0.29) is 38.8 Å². The molecule has 1 aromatic heterocycles. The van der Waals surface area contributed by atoms with E-state index in [9.17, 15) is 20.0 Å². The number of ether oxygens (including phenoxy) is 1. The molecule has 160 valence electrons. The number of carbonyl (C=O) groups excluding carboxylic acids is 1. The fourth-order valence-corrected chi connectivity index (χ4v) is 3.79. The number of aromatic hydroxyl groups is 1. The molecular weight excluding hydrogens is 427 g/mol. The molecule has 0 aliphatic heterocycles. The van der Waals surface area contributed by atoms with Gasteiger partial charge in [-0.15, -0.1) is 0 Å². The van der Waals surface area contributed by atoms with Crippen LogP contribution < -0.4 is 10.3 Å². The van der Waals surface area contributed by atoms with Crippen molar-refractivity contribution < 1.29 is 14.6 Å². The average Bonchev–Trinajstić information content (AvgIpc) is 2.70. The third kappa shape index (κ3) is 4.80. The standard InChI is InChI=1S/C22H24Cl2N2O4/c1-4-6-7-8-9-30-20-16(23)10-14(11-17(20)24)19(27)18-13(3)15(12-25)21(28)26(5-2)22(18)29/h10-11,29H,4-9H2,1-3H3. The minimum atomic E-state index is -0.644. The second-order valence-corrected chi connectivity index (χ2v) is 7.68. The molecule has 1 heterocycles. The largest absolute Gasteiger partial charge is 0.494 e. The van der Waals surface area contributed by atoms with Crippen LogP contribution in [0.4, 0.5) is 0 Å². The molecule has 0 bridgehead atoms. The van der Waals surface area contributed by atoms with Crippen LogP contribution in [0.1, 0.15) is 66.6 Å². The van der Waals surface area contributed by atoms with Crippen molar-refractivity contribution in [3.63, 3.8) is 0 Å². The number of hydrogen-bond donors (Lipinski definition) is 1. The number of rotatable bonds is 9. The maximum atomic E-state index is 13.1. The first-order valence-corrected chi connectivity index (χ1v) is 10.6. The van der Waals surface area contributed by atoms with Gasteiger partial charge in [0, 0.05) is 12.1 Å². The van der Waals surface area contributed by atoms with Crippen LogP contribution in [0.5, 0.6) is 11.6 Å². The molecular formula is C22H24Cl2N2O4. The zero-order valence-electron chi connectivity index (χ0n) is 17.2. The van der Waals surface area contributed by atoms with E-state index >= 15 is 0 Å². The van der Waals surface area contributed by atoms with Crippen LogP contribution in [0.3, 0.4) is 0 Å². The Labute approximate surface area is 185 Å². The molecule has 0 unspecified atom stereocenters. The molecule has 0 atom stereocenters. The Morgan fingerprint density at radius 3 is 2.37 bits per heavy atom. The molecule has 2 rings (SSSR count). The van der Waals surface area contributed by atoms with Gasteiger partial charge in [-0.05, 0) is 38.0 Å². The average molecular weight is 451 g/mol. The lowest BCUT2D eigenvalue weighted by molar-refractivity contribution is 0.103. The Morgan fingerprint density at radius 2 is 1.83 bits per heavy atom. The van der Waals surface area contributed by atoms with Crippen molar-refractivity contribution >= 4 is 29.0 Å². The highest BCUT2D eigenvalue weighted by Gasteiger charge is 2.25. The Balaban J connectivity index is 2.43. The van der Waals surface area contributed by atoms with Gasteiger partial charge in [0.05, 0.1) is 22.2 Å². The Kier molecular flexibility index (Phi) is 8.33. The van der Waals surface area contributed by atoms with Crippen LogP contribution in [-0.2, 0) is 6.54 Å². The third-order valence-electron chi connectivity index (χ3n) is 4.85. The molecule has 0 radical (unpaired) electrons. The number of halogens is 2. The van der Waals surface area contributed by atoms with Crippen molar-refractivity contribution in [3.05, 3.63) is 54.8 Å². The fourth-order valence-electron chi connectivity index (χ4n) is 3.19. The van der Waals surface area contributed by atoms with Crippen molar-refractivity contribution in [2.24, 2.45) is 0 Å². The van der Waals surface area contributed by atoms with Gasteiger partial charge in [-0.3, -0.25) is 14.2 Å². The quantitative estimate of drug-likeness (QED) is 0.415. The van der Waals surface area contributed by atoms with E-state index in [0.717, 1.165) is 30.3 Å². The molecule has 6 nitrogen and oxygen atoms in total. The number of ketones is 1. The molecule has 0 aliphatic carbocycles. The number of nitrogens with zero attached hydrogens (tertiary/aromatic N) is 2. The number of nitriles is 1. The van der Waals surface area contributed by atoms with Crippen LogP contribution >= 0.6 is 23.2 Å². The highest BCUT2D eigenvalue weighted by molar-refractivity contribution is 6.38. The SMILES string of the molecule is CCCCCCOc1c(Cl)cc(C(=O)c2c(C)c(C#N)c(=O)n(CC)c2O)cc1Cl. The van der Waals surface area contributed by atoms with Gasteiger partial charge in [0.2, 0.25) is 5.88 Å². The predicted molar refractivity (Wildman–Crippen MR) is 117 cm³/mol. The molecule has 0 saturated carbocycles. The maximum absolute atomic E-state index is 13.1. The predicted octanol–water partition coefficient (Wildman–Crippen LogP) is 5.25. The highest BCUT2D eigenvalue weighted by atomic mass is 35.5. The Bertz CT molecular complexity index is 1030. The maximum Gasteiger partial charge on any atom is 0.271 e. The third-order valence-corrected chi connectivity index (χ3v) is 5.41. The van der Waals surface area contributed by atoms with Crippen molar-refractivity contribution in [3.8, 4) is 17.7 Å². The van der Waals surface area contributed by atoms with E-state index in [1.165, 1.54) is 19.1 Å². The van der Waals surface area contributed by atoms with Crippen molar-refractivity contribution in [1.82, 2.24) is 4.57 Å². The van der Waals surface area contributed by atoms with Crippen LogP contribution in [0, 0.1) is 18.3 Å². The highest BCUT2D eigenvalue weighted by Crippen LogP contribution is 2.36. The summed E-state index contributed by atoms with van der Waals surface area (Å²) in [6.07, 6.45) is 4.13. The number of pyridine rings is 1. The van der Waals surface area contributed by atoms with Crippen molar-refractivity contribution in [1.29, 1.82) is 5.26 Å². The van der Waals surface area contributed by atoms with Gasteiger partial charge >= 0.3 is 0 Å². The monoisotopic (exact) mass is 450 g/mol. The molecule has 1 aromatic carbocycles. The lowest BCUT2D eigenvalue weighted by atomic mass is 9.97. The van der Waals surface area contributed by atoms with E-state index < -0.39 is 17.2 Å². The lowest BCUT2D eigenvalue weighted by Gasteiger charge is -2.15. The molecule has 0 amide bonds. The number of carbonyl (C=O) groups is 1. The zero-order valence-corrected chi connectivity index (χ0v) is 18.7. The lowest BCUT2D eigenvalue weighted by Crippen LogP contribution is -2.26. The Morgan fingerprint density at radius 1 is 1.20 bits per heavy atom. The van der Waals surface area contributed by atoms with Gasteiger partial charge in [-0.1, -0.05) is 49.4 Å². The molecule has 0 aliphatic rings. The number of hydrogen-bond acceptors (Lipinski definition) is 5. The molecule has 2 aromatic rings. The number of aromatic nitrogens is 1. The van der Waals surface area contributed by atoms with Crippen molar-refractivity contribution in [2.45, 2.75) is 53.0 Å². The molecule has 8 heteroatoms. The first kappa shape index (κ1) is 23.8. The van der Waals surface area contributed by atoms with E-state index in [4.69, 9.17) is 27.9 Å². The van der Waals surface area contributed by atoms with Gasteiger partial charge in [0.25, 0.3) is 5.56 Å². The summed E-state index contributed by atoms with van der Waals surface area (Å²) in [4.78, 5) is 25.5. The summed E-state index contributed by atoms with van der Waals surface area (Å²) in [5.74, 6) is -0.793. The zero-order chi connectivity index (χ0) is 22.4. The van der Waals surface area contributed by atoms with Gasteiger partial charge in [-0.2, -0.15) is 5.26 Å². The second kappa shape index (κ2) is 10.5. The number of benzene rings is 1. The van der Waals surface area contributed by atoms with Gasteiger partial charge in [0.15, 0.2) is 11.5 Å². The molecule has 0 fully saturated rings. The Hall–Kier alpha value is -2.49.